The molecule has 8 heteroatoms. The molecule has 0 bridgehead atoms. The Bertz CT molecular complexity index is 735. The molecule has 6 nitrogen and oxygen atoms in total. The topological polar surface area (TPSA) is 92.3 Å². The largest absolute Gasteiger partial charge is 0.349 e. The van der Waals surface area contributed by atoms with Crippen LogP contribution in [0, 0.1) is 0 Å². The number of Topliss-reactive ketones (excluding diaryl/α,β-unsaturated/α-hetero) is 1. The molecule has 1 aromatic rings. The van der Waals surface area contributed by atoms with Gasteiger partial charge in [-0.1, -0.05) is 61.9 Å². The molecule has 0 aliphatic carbocycles. The Hall–Kier alpha value is -1.41. The van der Waals surface area contributed by atoms with Crippen molar-refractivity contribution in [1.82, 2.24) is 5.32 Å². The van der Waals surface area contributed by atoms with Crippen LogP contribution >= 0.6 is 15.9 Å². The van der Waals surface area contributed by atoms with Gasteiger partial charge in [-0.05, 0) is 31.0 Å². The fraction of sp³-hybridized carbons (Fsp3) is 0.579. The summed E-state index contributed by atoms with van der Waals surface area (Å²) in [5.74, 6) is -1.52. The fourth-order valence-corrected chi connectivity index (χ4v) is 4.09. The van der Waals surface area contributed by atoms with E-state index in [4.69, 9.17) is 0 Å². The fourth-order valence-electron chi connectivity index (χ4n) is 2.53. The van der Waals surface area contributed by atoms with E-state index in [0.29, 0.717) is 23.9 Å². The van der Waals surface area contributed by atoms with Crippen LogP contribution in [-0.2, 0) is 14.8 Å². The first-order chi connectivity index (χ1) is 12.8. The number of anilines is 1. The number of benzene rings is 1. The Morgan fingerprint density at radius 3 is 2.33 bits per heavy atom. The quantitative estimate of drug-likeness (QED) is 0.261. The highest BCUT2D eigenvalue weighted by Crippen LogP contribution is 2.23. The third-order valence-electron chi connectivity index (χ3n) is 4.00. The summed E-state index contributed by atoms with van der Waals surface area (Å²) in [5.41, 5.74) is 0.158. The van der Waals surface area contributed by atoms with Crippen LogP contribution in [0.15, 0.2) is 22.7 Å². The monoisotopic (exact) mass is 460 g/mol. The molecule has 1 amide bonds. The number of unbranched alkanes of at least 4 members (excludes halogenated alkanes) is 5. The van der Waals surface area contributed by atoms with E-state index in [9.17, 15) is 18.0 Å². The number of halogens is 1. The summed E-state index contributed by atoms with van der Waals surface area (Å²) >= 11 is 3.26. The molecule has 27 heavy (non-hydrogen) atoms. The normalized spacial score (nSPS) is 11.2. The number of carbonyl (C=O) groups excluding carboxylic acids is 2. The molecule has 2 N–H and O–H groups in total. The molecule has 0 spiro atoms. The van der Waals surface area contributed by atoms with E-state index in [2.05, 4.69) is 32.9 Å². The highest BCUT2D eigenvalue weighted by atomic mass is 79.9. The Morgan fingerprint density at radius 2 is 1.67 bits per heavy atom. The van der Waals surface area contributed by atoms with Gasteiger partial charge in [0.1, 0.15) is 0 Å². The summed E-state index contributed by atoms with van der Waals surface area (Å²) in [6, 6.07) is 4.57. The highest BCUT2D eigenvalue weighted by Gasteiger charge is 2.22. The predicted octanol–water partition coefficient (Wildman–Crippen LogP) is 4.26. The van der Waals surface area contributed by atoms with Gasteiger partial charge in [0.05, 0.1) is 17.0 Å². The van der Waals surface area contributed by atoms with Crippen molar-refractivity contribution >= 4 is 43.3 Å². The van der Waals surface area contributed by atoms with E-state index in [1.807, 2.05) is 6.92 Å². The predicted molar refractivity (Wildman–Crippen MR) is 113 cm³/mol. The second-order valence-corrected chi connectivity index (χ2v) is 9.22. The third kappa shape index (κ3) is 8.88. The lowest BCUT2D eigenvalue weighted by Crippen LogP contribution is -2.32. The standard InChI is InChI=1S/C19H29BrN2O4S/c1-3-5-6-7-8-9-13-27(25,26)22-17-11-10-15(20)14-16(17)18(23)19(24)21-12-4-2/h10-11,14,22H,3-9,12-13H2,1-2H3,(H,21,24). The first-order valence-electron chi connectivity index (χ1n) is 9.43. The Labute approximate surface area is 170 Å². The van der Waals surface area contributed by atoms with Crippen LogP contribution in [0.3, 0.4) is 0 Å². The van der Waals surface area contributed by atoms with E-state index >= 15 is 0 Å². The van der Waals surface area contributed by atoms with E-state index < -0.39 is 21.7 Å². The molecular weight excluding hydrogens is 432 g/mol. The number of amides is 1. The Kier molecular flexibility index (Phi) is 10.6. The maximum absolute atomic E-state index is 12.4. The summed E-state index contributed by atoms with van der Waals surface area (Å²) in [6.07, 6.45) is 6.56. The molecule has 152 valence electrons. The molecule has 0 saturated heterocycles. The van der Waals surface area contributed by atoms with Crippen LogP contribution in [0.5, 0.6) is 0 Å². The minimum absolute atomic E-state index is 0.00908. The van der Waals surface area contributed by atoms with Crippen molar-refractivity contribution in [3.63, 3.8) is 0 Å². The summed E-state index contributed by atoms with van der Waals surface area (Å²) in [7, 11) is -3.59. The SMILES string of the molecule is CCCCCCCCS(=O)(=O)Nc1ccc(Br)cc1C(=O)C(=O)NCCC. The maximum Gasteiger partial charge on any atom is 0.292 e. The minimum atomic E-state index is -3.59. The maximum atomic E-state index is 12.4. The highest BCUT2D eigenvalue weighted by molar-refractivity contribution is 9.10. The number of sulfonamides is 1. The van der Waals surface area contributed by atoms with Crippen LogP contribution in [0.25, 0.3) is 0 Å². The second kappa shape index (κ2) is 12.1. The van der Waals surface area contributed by atoms with Crippen LogP contribution in [0.4, 0.5) is 5.69 Å². The van der Waals surface area contributed by atoms with Gasteiger partial charge in [-0.3, -0.25) is 14.3 Å². The third-order valence-corrected chi connectivity index (χ3v) is 5.85. The lowest BCUT2D eigenvalue weighted by atomic mass is 10.1. The molecular formula is C19H29BrN2O4S. The van der Waals surface area contributed by atoms with Crippen molar-refractivity contribution in [2.45, 2.75) is 58.8 Å². The molecule has 0 aliphatic heterocycles. The van der Waals surface area contributed by atoms with E-state index in [-0.39, 0.29) is 17.0 Å². The van der Waals surface area contributed by atoms with Gasteiger partial charge in [0.2, 0.25) is 10.0 Å². The van der Waals surface area contributed by atoms with Crippen LogP contribution in [0.1, 0.15) is 69.2 Å². The van der Waals surface area contributed by atoms with Gasteiger partial charge in [0, 0.05) is 11.0 Å². The van der Waals surface area contributed by atoms with Gasteiger partial charge in [0.15, 0.2) is 0 Å². The van der Waals surface area contributed by atoms with Gasteiger partial charge < -0.3 is 5.32 Å². The zero-order valence-electron chi connectivity index (χ0n) is 16.0. The molecule has 0 heterocycles. The van der Waals surface area contributed by atoms with Crippen LogP contribution in [-0.4, -0.2) is 32.4 Å². The minimum Gasteiger partial charge on any atom is -0.349 e. The Balaban J connectivity index is 2.78. The summed E-state index contributed by atoms with van der Waals surface area (Å²) in [4.78, 5) is 24.4. The lowest BCUT2D eigenvalue weighted by Gasteiger charge is -2.12. The zero-order valence-corrected chi connectivity index (χ0v) is 18.4. The summed E-state index contributed by atoms with van der Waals surface area (Å²) in [5, 5.41) is 2.52. The lowest BCUT2D eigenvalue weighted by molar-refractivity contribution is -0.116. The molecule has 0 aromatic heterocycles. The molecule has 0 radical (unpaired) electrons. The van der Waals surface area contributed by atoms with Gasteiger partial charge in [-0.2, -0.15) is 0 Å². The summed E-state index contributed by atoms with van der Waals surface area (Å²) in [6.45, 7) is 4.40. The smallest absolute Gasteiger partial charge is 0.292 e. The average molecular weight is 461 g/mol. The number of hydrogen-bond acceptors (Lipinski definition) is 4. The van der Waals surface area contributed by atoms with E-state index in [1.165, 1.54) is 12.1 Å². The molecule has 1 rings (SSSR count). The van der Waals surface area contributed by atoms with Crippen molar-refractivity contribution in [2.75, 3.05) is 17.0 Å². The second-order valence-electron chi connectivity index (χ2n) is 6.46. The van der Waals surface area contributed by atoms with Gasteiger partial charge in [0.25, 0.3) is 11.7 Å². The average Bonchev–Trinajstić information content (AvgIpc) is 2.63. The molecule has 0 unspecified atom stereocenters. The van der Waals surface area contributed by atoms with Gasteiger partial charge >= 0.3 is 0 Å². The zero-order chi connectivity index (χ0) is 20.3. The van der Waals surface area contributed by atoms with Crippen molar-refractivity contribution in [3.05, 3.63) is 28.2 Å². The number of carbonyl (C=O) groups is 2. The molecule has 0 fully saturated rings. The van der Waals surface area contributed by atoms with Gasteiger partial charge in [-0.15, -0.1) is 0 Å². The number of rotatable bonds is 13. The molecule has 1 aromatic carbocycles. The summed E-state index contributed by atoms with van der Waals surface area (Å²) < 4.78 is 27.8. The Morgan fingerprint density at radius 1 is 1.00 bits per heavy atom. The number of hydrogen-bond donors (Lipinski definition) is 2. The first kappa shape index (κ1) is 23.6. The van der Waals surface area contributed by atoms with Crippen LogP contribution < -0.4 is 10.0 Å². The van der Waals surface area contributed by atoms with Crippen molar-refractivity contribution < 1.29 is 18.0 Å². The number of nitrogens with one attached hydrogen (secondary N) is 2. The van der Waals surface area contributed by atoms with Crippen molar-refractivity contribution in [3.8, 4) is 0 Å². The molecule has 0 saturated carbocycles. The van der Waals surface area contributed by atoms with E-state index in [1.54, 1.807) is 6.07 Å². The molecule has 0 aliphatic rings. The van der Waals surface area contributed by atoms with Crippen molar-refractivity contribution in [1.29, 1.82) is 0 Å². The van der Waals surface area contributed by atoms with Crippen LogP contribution in [0.2, 0.25) is 0 Å². The van der Waals surface area contributed by atoms with Crippen molar-refractivity contribution in [2.24, 2.45) is 0 Å². The van der Waals surface area contributed by atoms with E-state index in [0.717, 1.165) is 32.1 Å². The molecule has 0 atom stereocenters. The van der Waals surface area contributed by atoms with Gasteiger partial charge in [-0.25, -0.2) is 8.42 Å². The first-order valence-corrected chi connectivity index (χ1v) is 11.9. The number of ketones is 1.